The van der Waals surface area contributed by atoms with Crippen molar-refractivity contribution in [2.45, 2.75) is 0 Å². The van der Waals surface area contributed by atoms with Crippen molar-refractivity contribution in [3.05, 3.63) is 59.9 Å². The van der Waals surface area contributed by atoms with Gasteiger partial charge in [0.15, 0.2) is 0 Å². The molecule has 2 aromatic carbocycles. The van der Waals surface area contributed by atoms with Crippen molar-refractivity contribution in [2.75, 3.05) is 22.9 Å². The van der Waals surface area contributed by atoms with Crippen molar-refractivity contribution in [1.29, 1.82) is 0 Å². The average Bonchev–Trinajstić information content (AvgIpc) is 2.48. The molecule has 0 aliphatic rings. The summed E-state index contributed by atoms with van der Waals surface area (Å²) in [6.07, 6.45) is 1.09. The molecule has 2 rings (SSSR count). The lowest BCUT2D eigenvalue weighted by molar-refractivity contribution is 0.102. The van der Waals surface area contributed by atoms with Gasteiger partial charge in [-0.05, 0) is 36.4 Å². The van der Waals surface area contributed by atoms with Gasteiger partial charge in [-0.1, -0.05) is 12.1 Å². The maximum atomic E-state index is 13.5. The zero-order valence-corrected chi connectivity index (χ0v) is 12.9. The van der Waals surface area contributed by atoms with Gasteiger partial charge in [0.25, 0.3) is 5.91 Å². The smallest absolute Gasteiger partial charge is 0.255 e. The number of sulfonamides is 1. The minimum Gasteiger partial charge on any atom is -0.319 e. The Hall–Kier alpha value is -2.41. The van der Waals surface area contributed by atoms with Gasteiger partial charge in [0.1, 0.15) is 5.82 Å². The van der Waals surface area contributed by atoms with Crippen molar-refractivity contribution in [3.63, 3.8) is 0 Å². The largest absolute Gasteiger partial charge is 0.319 e. The molecule has 0 heterocycles. The second-order valence-corrected chi connectivity index (χ2v) is 6.73. The summed E-state index contributed by atoms with van der Waals surface area (Å²) in [5, 5.41) is 2.46. The van der Waals surface area contributed by atoms with E-state index in [1.165, 1.54) is 49.5 Å². The van der Waals surface area contributed by atoms with E-state index in [4.69, 9.17) is 0 Å². The van der Waals surface area contributed by atoms with E-state index in [0.29, 0.717) is 11.3 Å². The fraction of sp³-hybridized carbons (Fsp3) is 0.133. The summed E-state index contributed by atoms with van der Waals surface area (Å²) in [4.78, 5) is 12.0. The van der Waals surface area contributed by atoms with Crippen molar-refractivity contribution >= 4 is 27.3 Å². The third-order valence-electron chi connectivity index (χ3n) is 3.11. The van der Waals surface area contributed by atoms with Crippen LogP contribution in [0.25, 0.3) is 0 Å². The topological polar surface area (TPSA) is 66.5 Å². The Morgan fingerprint density at radius 3 is 2.23 bits per heavy atom. The number of halogens is 1. The quantitative estimate of drug-likeness (QED) is 0.940. The molecule has 0 fully saturated rings. The molecule has 0 aromatic heterocycles. The SMILES string of the molecule is CN(c1ccc(C(=O)Nc2ccccc2F)cc1)S(C)(=O)=O. The van der Waals surface area contributed by atoms with Gasteiger partial charge in [0.2, 0.25) is 10.0 Å². The highest BCUT2D eigenvalue weighted by Gasteiger charge is 2.13. The first-order chi connectivity index (χ1) is 10.3. The molecule has 22 heavy (non-hydrogen) atoms. The monoisotopic (exact) mass is 322 g/mol. The number of carbonyl (C=O) groups is 1. The summed E-state index contributed by atoms with van der Waals surface area (Å²) >= 11 is 0. The van der Waals surface area contributed by atoms with E-state index < -0.39 is 21.7 Å². The van der Waals surface area contributed by atoms with Crippen LogP contribution in [0.15, 0.2) is 48.5 Å². The number of anilines is 2. The van der Waals surface area contributed by atoms with Gasteiger partial charge < -0.3 is 5.32 Å². The first-order valence-electron chi connectivity index (χ1n) is 6.39. The summed E-state index contributed by atoms with van der Waals surface area (Å²) in [5.74, 6) is -0.997. The molecule has 0 saturated carbocycles. The van der Waals surface area contributed by atoms with Crippen LogP contribution in [-0.4, -0.2) is 27.6 Å². The standard InChI is InChI=1S/C15H15FN2O3S/c1-18(22(2,20)21)12-9-7-11(8-10-12)15(19)17-14-6-4-3-5-13(14)16/h3-10H,1-2H3,(H,17,19). The Bertz CT molecular complexity index is 789. The highest BCUT2D eigenvalue weighted by molar-refractivity contribution is 7.92. The van der Waals surface area contributed by atoms with Crippen LogP contribution in [0.5, 0.6) is 0 Å². The Balaban J connectivity index is 2.17. The second-order valence-electron chi connectivity index (χ2n) is 4.71. The van der Waals surface area contributed by atoms with E-state index in [0.717, 1.165) is 10.6 Å². The molecule has 1 N–H and O–H groups in total. The van der Waals surface area contributed by atoms with Crippen LogP contribution in [-0.2, 0) is 10.0 Å². The molecule has 5 nitrogen and oxygen atoms in total. The fourth-order valence-corrected chi connectivity index (χ4v) is 2.28. The minimum absolute atomic E-state index is 0.0878. The number of nitrogens with zero attached hydrogens (tertiary/aromatic N) is 1. The molecular formula is C15H15FN2O3S. The van der Waals surface area contributed by atoms with Gasteiger partial charge in [0.05, 0.1) is 17.6 Å². The van der Waals surface area contributed by atoms with E-state index in [-0.39, 0.29) is 5.69 Å². The number of carbonyl (C=O) groups excluding carboxylic acids is 1. The molecule has 0 unspecified atom stereocenters. The summed E-state index contributed by atoms with van der Waals surface area (Å²) in [7, 11) is -1.94. The molecule has 0 aliphatic carbocycles. The summed E-state index contributed by atoms with van der Waals surface area (Å²) in [6, 6.07) is 11.8. The van der Waals surface area contributed by atoms with Crippen LogP contribution in [0.2, 0.25) is 0 Å². The maximum Gasteiger partial charge on any atom is 0.255 e. The zero-order valence-electron chi connectivity index (χ0n) is 12.1. The Labute approximate surface area is 128 Å². The van der Waals surface area contributed by atoms with Gasteiger partial charge in [-0.15, -0.1) is 0 Å². The lowest BCUT2D eigenvalue weighted by atomic mass is 10.2. The van der Waals surface area contributed by atoms with Crippen LogP contribution in [0.3, 0.4) is 0 Å². The van der Waals surface area contributed by atoms with Crippen molar-refractivity contribution < 1.29 is 17.6 Å². The number of nitrogens with one attached hydrogen (secondary N) is 1. The molecule has 1 amide bonds. The van der Waals surface area contributed by atoms with E-state index in [1.54, 1.807) is 6.07 Å². The number of hydrogen-bond acceptors (Lipinski definition) is 3. The van der Waals surface area contributed by atoms with Crippen LogP contribution >= 0.6 is 0 Å². The predicted molar refractivity (Wildman–Crippen MR) is 84.0 cm³/mol. The lowest BCUT2D eigenvalue weighted by Gasteiger charge is -2.16. The molecule has 0 spiro atoms. The first-order valence-corrected chi connectivity index (χ1v) is 8.24. The Kier molecular flexibility index (Phi) is 4.46. The molecule has 116 valence electrons. The fourth-order valence-electron chi connectivity index (χ4n) is 1.77. The number of benzene rings is 2. The number of hydrogen-bond donors (Lipinski definition) is 1. The summed E-state index contributed by atoms with van der Waals surface area (Å²) in [6.45, 7) is 0. The average molecular weight is 322 g/mol. The van der Waals surface area contributed by atoms with Gasteiger partial charge in [0, 0.05) is 12.6 Å². The first kappa shape index (κ1) is 16.0. The molecule has 7 heteroatoms. The summed E-state index contributed by atoms with van der Waals surface area (Å²) in [5.41, 5.74) is 0.823. The van der Waals surface area contributed by atoms with Crippen LogP contribution in [0.1, 0.15) is 10.4 Å². The molecular weight excluding hydrogens is 307 g/mol. The number of amides is 1. The highest BCUT2D eigenvalue weighted by atomic mass is 32.2. The van der Waals surface area contributed by atoms with Crippen molar-refractivity contribution in [1.82, 2.24) is 0 Å². The second kappa shape index (κ2) is 6.15. The molecule has 0 aliphatic heterocycles. The van der Waals surface area contributed by atoms with E-state index >= 15 is 0 Å². The van der Waals surface area contributed by atoms with Gasteiger partial charge >= 0.3 is 0 Å². The van der Waals surface area contributed by atoms with E-state index in [1.807, 2.05) is 0 Å². The Morgan fingerprint density at radius 1 is 1.09 bits per heavy atom. The van der Waals surface area contributed by atoms with Crippen LogP contribution < -0.4 is 9.62 Å². The number of rotatable bonds is 4. The van der Waals surface area contributed by atoms with Gasteiger partial charge in [-0.2, -0.15) is 0 Å². The molecule has 0 radical (unpaired) electrons. The van der Waals surface area contributed by atoms with Crippen molar-refractivity contribution in [3.8, 4) is 0 Å². The molecule has 0 saturated heterocycles. The third-order valence-corrected chi connectivity index (χ3v) is 4.32. The third kappa shape index (κ3) is 3.62. The minimum atomic E-state index is -3.36. The molecule has 2 aromatic rings. The highest BCUT2D eigenvalue weighted by Crippen LogP contribution is 2.18. The lowest BCUT2D eigenvalue weighted by Crippen LogP contribution is -2.24. The van der Waals surface area contributed by atoms with Crippen molar-refractivity contribution in [2.24, 2.45) is 0 Å². The van der Waals surface area contributed by atoms with Crippen LogP contribution in [0.4, 0.5) is 15.8 Å². The van der Waals surface area contributed by atoms with Crippen LogP contribution in [0, 0.1) is 5.82 Å². The summed E-state index contributed by atoms with van der Waals surface area (Å²) < 4.78 is 37.4. The van der Waals surface area contributed by atoms with Gasteiger partial charge in [-0.25, -0.2) is 12.8 Å². The number of para-hydroxylation sites is 1. The molecule has 0 bridgehead atoms. The predicted octanol–water partition coefficient (Wildman–Crippen LogP) is 2.47. The zero-order chi connectivity index (χ0) is 16.3. The Morgan fingerprint density at radius 2 is 1.68 bits per heavy atom. The maximum absolute atomic E-state index is 13.5. The normalized spacial score (nSPS) is 11.0. The van der Waals surface area contributed by atoms with Gasteiger partial charge in [-0.3, -0.25) is 9.10 Å². The molecule has 0 atom stereocenters. The van der Waals surface area contributed by atoms with E-state index in [2.05, 4.69) is 5.32 Å². The van der Waals surface area contributed by atoms with E-state index in [9.17, 15) is 17.6 Å².